The first-order chi connectivity index (χ1) is 12.2. The molecular weight excluding hydrogens is 334 g/mol. The minimum atomic E-state index is -0.627. The van der Waals surface area contributed by atoms with Crippen LogP contribution in [-0.4, -0.2) is 23.6 Å². The summed E-state index contributed by atoms with van der Waals surface area (Å²) in [6, 6.07) is 10.3. The van der Waals surface area contributed by atoms with Crippen molar-refractivity contribution in [2.45, 2.75) is 39.3 Å². The molecular formula is C20H23NO5. The first-order valence-electron chi connectivity index (χ1n) is 8.41. The van der Waals surface area contributed by atoms with Gasteiger partial charge < -0.3 is 24.6 Å². The molecule has 138 valence electrons. The van der Waals surface area contributed by atoms with Crippen LogP contribution < -0.4 is 14.8 Å². The van der Waals surface area contributed by atoms with Crippen molar-refractivity contribution >= 4 is 6.09 Å². The molecule has 3 rings (SSSR count). The van der Waals surface area contributed by atoms with Gasteiger partial charge in [-0.15, -0.1) is 0 Å². The number of amides is 1. The van der Waals surface area contributed by atoms with Gasteiger partial charge in [-0.2, -0.15) is 0 Å². The fourth-order valence-electron chi connectivity index (χ4n) is 2.79. The molecule has 0 aromatic heterocycles. The van der Waals surface area contributed by atoms with Crippen LogP contribution in [0.15, 0.2) is 36.4 Å². The number of nitrogens with one attached hydrogen (secondary N) is 1. The second-order valence-electron chi connectivity index (χ2n) is 7.26. The number of phenolic OH excluding ortho intramolecular Hbond substituents is 1. The Labute approximate surface area is 152 Å². The Balaban J connectivity index is 2.00. The summed E-state index contributed by atoms with van der Waals surface area (Å²) in [4.78, 5) is 12.4. The van der Waals surface area contributed by atoms with Crippen LogP contribution in [0.2, 0.25) is 0 Å². The molecule has 1 aliphatic heterocycles. The number of rotatable bonds is 3. The van der Waals surface area contributed by atoms with E-state index in [1.54, 1.807) is 26.8 Å². The summed E-state index contributed by atoms with van der Waals surface area (Å²) in [7, 11) is 0. The van der Waals surface area contributed by atoms with Gasteiger partial charge >= 0.3 is 6.09 Å². The summed E-state index contributed by atoms with van der Waals surface area (Å²) in [6.07, 6.45) is -0.568. The molecule has 6 nitrogen and oxygen atoms in total. The van der Waals surface area contributed by atoms with E-state index < -0.39 is 17.7 Å². The molecule has 26 heavy (non-hydrogen) atoms. The van der Waals surface area contributed by atoms with E-state index in [9.17, 15) is 9.90 Å². The van der Waals surface area contributed by atoms with Gasteiger partial charge in [0, 0.05) is 11.6 Å². The molecule has 2 aromatic rings. The zero-order chi connectivity index (χ0) is 18.9. The molecule has 0 aliphatic carbocycles. The standard InChI is InChI=1S/C20H23NO5/c1-12-6-5-7-13(8-12)18(21-19(23)26-20(2,3)4)14-9-16-17(10-15(14)22)25-11-24-16/h5-10,18,22H,11H2,1-4H3,(H,21,23)/t18-/m1/s1. The number of aryl methyl sites for hydroxylation is 1. The Morgan fingerprint density at radius 1 is 1.19 bits per heavy atom. The van der Waals surface area contributed by atoms with Gasteiger partial charge in [-0.3, -0.25) is 0 Å². The number of aromatic hydroxyl groups is 1. The highest BCUT2D eigenvalue weighted by Gasteiger charge is 2.27. The predicted molar refractivity (Wildman–Crippen MR) is 96.6 cm³/mol. The number of hydrogen-bond acceptors (Lipinski definition) is 5. The second-order valence-corrected chi connectivity index (χ2v) is 7.26. The highest BCUT2D eigenvalue weighted by atomic mass is 16.7. The van der Waals surface area contributed by atoms with Crippen molar-refractivity contribution in [1.82, 2.24) is 5.32 Å². The molecule has 1 atom stereocenters. The molecule has 0 saturated carbocycles. The molecule has 2 N–H and O–H groups in total. The van der Waals surface area contributed by atoms with Gasteiger partial charge in [0.2, 0.25) is 6.79 Å². The van der Waals surface area contributed by atoms with Crippen LogP contribution in [0.5, 0.6) is 17.2 Å². The van der Waals surface area contributed by atoms with Gasteiger partial charge in [0.15, 0.2) is 11.5 Å². The van der Waals surface area contributed by atoms with Crippen LogP contribution in [0.25, 0.3) is 0 Å². The van der Waals surface area contributed by atoms with E-state index in [1.165, 1.54) is 6.07 Å². The Kier molecular flexibility index (Phi) is 4.68. The largest absolute Gasteiger partial charge is 0.507 e. The van der Waals surface area contributed by atoms with Crippen LogP contribution in [0.1, 0.15) is 43.5 Å². The molecule has 0 fully saturated rings. The Morgan fingerprint density at radius 2 is 1.88 bits per heavy atom. The second kappa shape index (κ2) is 6.78. The number of carbonyl (C=O) groups is 1. The van der Waals surface area contributed by atoms with Crippen LogP contribution in [-0.2, 0) is 4.74 Å². The molecule has 0 radical (unpaired) electrons. The van der Waals surface area contributed by atoms with Crippen molar-refractivity contribution in [1.29, 1.82) is 0 Å². The van der Waals surface area contributed by atoms with Gasteiger partial charge in [-0.25, -0.2) is 4.79 Å². The lowest BCUT2D eigenvalue weighted by Gasteiger charge is -2.25. The maximum atomic E-state index is 12.4. The fraction of sp³-hybridized carbons (Fsp3) is 0.350. The lowest BCUT2D eigenvalue weighted by Crippen LogP contribution is -2.35. The molecule has 1 aliphatic rings. The van der Waals surface area contributed by atoms with E-state index in [-0.39, 0.29) is 12.5 Å². The third-order valence-electron chi connectivity index (χ3n) is 3.87. The molecule has 6 heteroatoms. The van der Waals surface area contributed by atoms with Crippen molar-refractivity contribution in [3.05, 3.63) is 53.1 Å². The third-order valence-corrected chi connectivity index (χ3v) is 3.87. The molecule has 1 amide bonds. The minimum Gasteiger partial charge on any atom is -0.507 e. The van der Waals surface area contributed by atoms with E-state index >= 15 is 0 Å². The SMILES string of the molecule is Cc1cccc([C@@H](NC(=O)OC(C)(C)C)c2cc3c(cc2O)OCO3)c1. The number of phenols is 1. The zero-order valence-electron chi connectivity index (χ0n) is 15.3. The van der Waals surface area contributed by atoms with Crippen LogP contribution >= 0.6 is 0 Å². The normalized spacial score (nSPS) is 14.0. The van der Waals surface area contributed by atoms with Crippen molar-refractivity contribution in [2.75, 3.05) is 6.79 Å². The average molecular weight is 357 g/mol. The maximum Gasteiger partial charge on any atom is 0.408 e. The van der Waals surface area contributed by atoms with Gasteiger partial charge in [0.1, 0.15) is 11.4 Å². The van der Waals surface area contributed by atoms with Gasteiger partial charge in [0.05, 0.1) is 6.04 Å². The monoisotopic (exact) mass is 357 g/mol. The smallest absolute Gasteiger partial charge is 0.408 e. The highest BCUT2D eigenvalue weighted by Crippen LogP contribution is 2.41. The summed E-state index contributed by atoms with van der Waals surface area (Å²) < 4.78 is 16.1. The topological polar surface area (TPSA) is 77.0 Å². The Hall–Kier alpha value is -2.89. The first-order valence-corrected chi connectivity index (χ1v) is 8.41. The molecule has 0 bridgehead atoms. The quantitative estimate of drug-likeness (QED) is 0.867. The fourth-order valence-corrected chi connectivity index (χ4v) is 2.79. The summed E-state index contributed by atoms with van der Waals surface area (Å²) in [5.74, 6) is 1.02. The van der Waals surface area contributed by atoms with Gasteiger partial charge in [0.25, 0.3) is 0 Å². The molecule has 0 spiro atoms. The predicted octanol–water partition coefficient (Wildman–Crippen LogP) is 4.04. The Morgan fingerprint density at radius 3 is 2.54 bits per heavy atom. The summed E-state index contributed by atoms with van der Waals surface area (Å²) in [5, 5.41) is 13.3. The van der Waals surface area contributed by atoms with E-state index in [1.807, 2.05) is 31.2 Å². The molecule has 1 heterocycles. The number of benzene rings is 2. The van der Waals surface area contributed by atoms with Crippen molar-refractivity contribution < 1.29 is 24.1 Å². The van der Waals surface area contributed by atoms with Crippen molar-refractivity contribution in [3.8, 4) is 17.2 Å². The van der Waals surface area contributed by atoms with Crippen LogP contribution in [0.4, 0.5) is 4.79 Å². The molecule has 0 unspecified atom stereocenters. The van der Waals surface area contributed by atoms with E-state index in [4.69, 9.17) is 14.2 Å². The van der Waals surface area contributed by atoms with Crippen LogP contribution in [0.3, 0.4) is 0 Å². The van der Waals surface area contributed by atoms with Crippen LogP contribution in [0, 0.1) is 6.92 Å². The number of hydrogen-bond donors (Lipinski definition) is 2. The number of carbonyl (C=O) groups excluding carboxylic acids is 1. The average Bonchev–Trinajstić information content (AvgIpc) is 2.97. The highest BCUT2D eigenvalue weighted by molar-refractivity contribution is 5.70. The van der Waals surface area contributed by atoms with Gasteiger partial charge in [-0.1, -0.05) is 29.8 Å². The number of alkyl carbamates (subject to hydrolysis) is 1. The van der Waals surface area contributed by atoms with E-state index in [0.717, 1.165) is 11.1 Å². The van der Waals surface area contributed by atoms with Crippen molar-refractivity contribution in [2.24, 2.45) is 0 Å². The molecule has 2 aromatic carbocycles. The van der Waals surface area contributed by atoms with E-state index in [2.05, 4.69) is 5.32 Å². The van der Waals surface area contributed by atoms with Gasteiger partial charge in [-0.05, 0) is 39.3 Å². The third kappa shape index (κ3) is 4.02. The lowest BCUT2D eigenvalue weighted by atomic mass is 9.96. The van der Waals surface area contributed by atoms with E-state index in [0.29, 0.717) is 17.1 Å². The molecule has 0 saturated heterocycles. The minimum absolute atomic E-state index is 0.0109. The lowest BCUT2D eigenvalue weighted by molar-refractivity contribution is 0.0512. The van der Waals surface area contributed by atoms with Crippen molar-refractivity contribution in [3.63, 3.8) is 0 Å². The Bertz CT molecular complexity index is 825. The number of ether oxygens (including phenoxy) is 3. The maximum absolute atomic E-state index is 12.4. The summed E-state index contributed by atoms with van der Waals surface area (Å²) in [5.41, 5.74) is 1.74. The summed E-state index contributed by atoms with van der Waals surface area (Å²) >= 11 is 0. The zero-order valence-corrected chi connectivity index (χ0v) is 15.3. The first kappa shape index (κ1) is 17.9. The number of fused-ring (bicyclic) bond motifs is 1. The summed E-state index contributed by atoms with van der Waals surface area (Å²) in [6.45, 7) is 7.46.